The molecule has 0 aliphatic carbocycles. The fraction of sp³-hybridized carbons (Fsp3) is 0.222. The van der Waals surface area contributed by atoms with Crippen LogP contribution in [0.3, 0.4) is 0 Å². The molecule has 0 unspecified atom stereocenters. The van der Waals surface area contributed by atoms with Crippen molar-refractivity contribution in [1.29, 1.82) is 0 Å². The average molecular weight is 280 g/mol. The second kappa shape index (κ2) is 5.01. The van der Waals surface area contributed by atoms with Gasteiger partial charge in [-0.1, -0.05) is 16.1 Å². The first-order valence-electron chi connectivity index (χ1n) is 4.36. The minimum atomic E-state index is -3.96. The third kappa shape index (κ3) is 2.75. The molecule has 94 valence electrons. The lowest BCUT2D eigenvalue weighted by atomic mass is 10.2. The van der Waals surface area contributed by atoms with E-state index in [1.165, 1.54) is 26.3 Å². The summed E-state index contributed by atoms with van der Waals surface area (Å²) in [5.74, 6) is -1.24. The zero-order valence-corrected chi connectivity index (χ0v) is 10.6. The maximum Gasteiger partial charge on any atom is 0.335 e. The SMILES string of the molecule is CON(C)S(=O)(=O)c1cc(C(=O)O)ccc1Cl. The summed E-state index contributed by atoms with van der Waals surface area (Å²) in [6.45, 7) is 0. The van der Waals surface area contributed by atoms with Gasteiger partial charge in [0.25, 0.3) is 10.0 Å². The number of rotatable bonds is 4. The first kappa shape index (κ1) is 13.9. The number of hydrogen-bond donors (Lipinski definition) is 1. The van der Waals surface area contributed by atoms with Gasteiger partial charge < -0.3 is 5.11 Å². The van der Waals surface area contributed by atoms with E-state index < -0.39 is 16.0 Å². The molecule has 0 saturated heterocycles. The lowest BCUT2D eigenvalue weighted by Crippen LogP contribution is -2.26. The molecule has 1 N–H and O–H groups in total. The Labute approximate surface area is 103 Å². The van der Waals surface area contributed by atoms with Gasteiger partial charge in [-0.3, -0.25) is 4.84 Å². The van der Waals surface area contributed by atoms with E-state index in [-0.39, 0.29) is 15.5 Å². The van der Waals surface area contributed by atoms with Crippen LogP contribution in [0.4, 0.5) is 0 Å². The predicted octanol–water partition coefficient (Wildman–Crippen LogP) is 1.22. The maximum absolute atomic E-state index is 11.9. The largest absolute Gasteiger partial charge is 0.478 e. The van der Waals surface area contributed by atoms with Crippen molar-refractivity contribution in [3.05, 3.63) is 28.8 Å². The number of hydrogen-bond acceptors (Lipinski definition) is 4. The number of carboxylic acids is 1. The summed E-state index contributed by atoms with van der Waals surface area (Å²) in [5, 5.41) is 8.71. The van der Waals surface area contributed by atoms with Crippen molar-refractivity contribution < 1.29 is 23.2 Å². The standard InChI is InChI=1S/C9H10ClNO5S/c1-11(16-2)17(14,15)8-5-6(9(12)13)3-4-7(8)10/h3-5H,1-2H3,(H,12,13). The monoisotopic (exact) mass is 279 g/mol. The molecule has 1 rings (SSSR count). The number of benzene rings is 1. The number of hydroxylamine groups is 1. The lowest BCUT2D eigenvalue weighted by molar-refractivity contribution is -0.0258. The molecule has 0 amide bonds. The summed E-state index contributed by atoms with van der Waals surface area (Å²) in [6.07, 6.45) is 0. The molecule has 17 heavy (non-hydrogen) atoms. The molecule has 0 radical (unpaired) electrons. The van der Waals surface area contributed by atoms with Gasteiger partial charge in [-0.2, -0.15) is 0 Å². The van der Waals surface area contributed by atoms with Crippen LogP contribution in [-0.4, -0.2) is 38.1 Å². The molecule has 0 aromatic heterocycles. The van der Waals surface area contributed by atoms with E-state index in [4.69, 9.17) is 16.7 Å². The number of aromatic carboxylic acids is 1. The van der Waals surface area contributed by atoms with Crippen molar-refractivity contribution in [3.8, 4) is 0 Å². The van der Waals surface area contributed by atoms with Crippen LogP contribution in [0.25, 0.3) is 0 Å². The summed E-state index contributed by atoms with van der Waals surface area (Å²) >= 11 is 5.73. The van der Waals surface area contributed by atoms with Crippen LogP contribution >= 0.6 is 11.6 Å². The fourth-order valence-electron chi connectivity index (χ4n) is 1.07. The van der Waals surface area contributed by atoms with E-state index in [0.717, 1.165) is 6.07 Å². The van der Waals surface area contributed by atoms with Crippen LogP contribution in [0.15, 0.2) is 23.1 Å². The number of nitrogens with zero attached hydrogens (tertiary/aromatic N) is 1. The number of sulfonamides is 1. The Morgan fingerprint density at radius 2 is 2.06 bits per heavy atom. The van der Waals surface area contributed by atoms with Crippen molar-refractivity contribution in [2.45, 2.75) is 4.90 Å². The summed E-state index contributed by atoms with van der Waals surface area (Å²) < 4.78 is 24.4. The predicted molar refractivity (Wildman–Crippen MR) is 60.4 cm³/mol. The molecule has 0 atom stereocenters. The molecule has 0 fully saturated rings. The molecule has 6 nitrogen and oxygen atoms in total. The molecule has 1 aromatic rings. The van der Waals surface area contributed by atoms with Crippen LogP contribution in [0.1, 0.15) is 10.4 Å². The van der Waals surface area contributed by atoms with E-state index in [0.29, 0.717) is 4.47 Å². The highest BCUT2D eigenvalue weighted by molar-refractivity contribution is 7.89. The molecule has 8 heteroatoms. The van der Waals surface area contributed by atoms with Crippen molar-refractivity contribution in [3.63, 3.8) is 0 Å². The normalized spacial score (nSPS) is 11.8. The van der Waals surface area contributed by atoms with Crippen LogP contribution < -0.4 is 0 Å². The number of halogens is 1. The van der Waals surface area contributed by atoms with Gasteiger partial charge in [-0.25, -0.2) is 13.2 Å². The quantitative estimate of drug-likeness (QED) is 0.838. The third-order valence-electron chi connectivity index (χ3n) is 2.05. The van der Waals surface area contributed by atoms with Crippen LogP contribution in [0, 0.1) is 0 Å². The smallest absolute Gasteiger partial charge is 0.335 e. The molecule has 0 heterocycles. The van der Waals surface area contributed by atoms with Gasteiger partial charge in [0.2, 0.25) is 0 Å². The Balaban J connectivity index is 3.40. The molecule has 0 aliphatic heterocycles. The van der Waals surface area contributed by atoms with Gasteiger partial charge in [0.1, 0.15) is 4.90 Å². The summed E-state index contributed by atoms with van der Waals surface area (Å²) in [5.41, 5.74) is -0.169. The molecule has 0 bridgehead atoms. The fourth-order valence-corrected chi connectivity index (χ4v) is 2.54. The van der Waals surface area contributed by atoms with Crippen molar-refractivity contribution >= 4 is 27.6 Å². The van der Waals surface area contributed by atoms with E-state index in [2.05, 4.69) is 4.84 Å². The second-order valence-electron chi connectivity index (χ2n) is 3.05. The third-order valence-corrected chi connectivity index (χ3v) is 4.21. The minimum absolute atomic E-state index is 0.0705. The molecule has 0 spiro atoms. The topological polar surface area (TPSA) is 83.9 Å². The van der Waals surface area contributed by atoms with Gasteiger partial charge in [-0.05, 0) is 18.2 Å². The summed E-state index contributed by atoms with van der Waals surface area (Å²) in [4.78, 5) is 15.0. The van der Waals surface area contributed by atoms with Gasteiger partial charge in [0.15, 0.2) is 0 Å². The van der Waals surface area contributed by atoms with E-state index in [1.807, 2.05) is 0 Å². The van der Waals surface area contributed by atoms with Gasteiger partial charge in [0, 0.05) is 7.05 Å². The molecule has 0 saturated carbocycles. The van der Waals surface area contributed by atoms with Gasteiger partial charge >= 0.3 is 5.97 Å². The maximum atomic E-state index is 11.9. The second-order valence-corrected chi connectivity index (χ2v) is 5.36. The van der Waals surface area contributed by atoms with Crippen LogP contribution in [-0.2, 0) is 14.9 Å². The van der Waals surface area contributed by atoms with Gasteiger partial charge in [0.05, 0.1) is 17.7 Å². The highest BCUT2D eigenvalue weighted by Crippen LogP contribution is 2.25. The first-order chi connectivity index (χ1) is 7.80. The van der Waals surface area contributed by atoms with E-state index >= 15 is 0 Å². The van der Waals surface area contributed by atoms with Crippen LogP contribution in [0.2, 0.25) is 5.02 Å². The average Bonchev–Trinajstić information content (AvgIpc) is 2.27. The summed E-state index contributed by atoms with van der Waals surface area (Å²) in [6, 6.07) is 3.41. The van der Waals surface area contributed by atoms with Crippen molar-refractivity contribution in [2.75, 3.05) is 14.2 Å². The summed E-state index contributed by atoms with van der Waals surface area (Å²) in [7, 11) is -1.61. The first-order valence-corrected chi connectivity index (χ1v) is 6.18. The zero-order valence-electron chi connectivity index (χ0n) is 9.05. The number of carboxylic acid groups (broad SMARTS) is 1. The Bertz CT molecular complexity index is 542. The number of carbonyl (C=O) groups is 1. The Hall–Kier alpha value is -1.15. The highest BCUT2D eigenvalue weighted by Gasteiger charge is 2.25. The molecule has 1 aromatic carbocycles. The molecule has 0 aliphatic rings. The lowest BCUT2D eigenvalue weighted by Gasteiger charge is -2.15. The zero-order chi connectivity index (χ0) is 13.2. The van der Waals surface area contributed by atoms with Crippen molar-refractivity contribution in [1.82, 2.24) is 4.47 Å². The van der Waals surface area contributed by atoms with Crippen molar-refractivity contribution in [2.24, 2.45) is 0 Å². The van der Waals surface area contributed by atoms with E-state index in [9.17, 15) is 13.2 Å². The molecular formula is C9H10ClNO5S. The Morgan fingerprint density at radius 1 is 1.47 bits per heavy atom. The van der Waals surface area contributed by atoms with Gasteiger partial charge in [-0.15, -0.1) is 0 Å². The Kier molecular flexibility index (Phi) is 4.10. The van der Waals surface area contributed by atoms with Crippen LogP contribution in [0.5, 0.6) is 0 Å². The minimum Gasteiger partial charge on any atom is -0.478 e. The Morgan fingerprint density at radius 3 is 2.53 bits per heavy atom. The highest BCUT2D eigenvalue weighted by atomic mass is 35.5. The van der Waals surface area contributed by atoms with E-state index in [1.54, 1.807) is 0 Å². The molecular weight excluding hydrogens is 270 g/mol.